The van der Waals surface area contributed by atoms with Crippen LogP contribution in [0.3, 0.4) is 0 Å². The molecule has 1 saturated heterocycles. The molecule has 2 heterocycles. The lowest BCUT2D eigenvalue weighted by Gasteiger charge is -2.19. The molecule has 2 N–H and O–H groups in total. The lowest BCUT2D eigenvalue weighted by molar-refractivity contribution is -0.140. The zero-order valence-corrected chi connectivity index (χ0v) is 12.1. The van der Waals surface area contributed by atoms with Gasteiger partial charge in [-0.15, -0.1) is 0 Å². The molecule has 1 fully saturated rings. The van der Waals surface area contributed by atoms with Crippen LogP contribution in [0.1, 0.15) is 19.2 Å². The predicted octanol–water partition coefficient (Wildman–Crippen LogP) is -0.165. The zero-order chi connectivity index (χ0) is 14.9. The maximum absolute atomic E-state index is 12.5. The molecule has 0 aliphatic carbocycles. The molecule has 2 unspecified atom stereocenters. The Balaban J connectivity index is 2.34. The molecule has 0 radical (unpaired) electrons. The number of nitrogens with zero attached hydrogens (tertiary/aromatic N) is 2. The van der Waals surface area contributed by atoms with Gasteiger partial charge in [0.05, 0.1) is 12.3 Å². The summed E-state index contributed by atoms with van der Waals surface area (Å²) in [5, 5.41) is 9.09. The van der Waals surface area contributed by atoms with Crippen LogP contribution in [0.2, 0.25) is 0 Å². The first-order valence-corrected chi connectivity index (χ1v) is 7.65. The lowest BCUT2D eigenvalue weighted by Crippen LogP contribution is -2.40. The standard InChI is InChI=1S/C11H17N3O5S/c1-3-9-12-5-10(13-9)20(17,18)14-6-7(19-2)4-8(14)11(15)16/h5,7-8H,3-4,6H2,1-2H3,(H,12,13)(H,15,16). The summed E-state index contributed by atoms with van der Waals surface area (Å²) in [4.78, 5) is 17.9. The number of hydrogen-bond donors (Lipinski definition) is 2. The van der Waals surface area contributed by atoms with Gasteiger partial charge in [-0.05, 0) is 0 Å². The van der Waals surface area contributed by atoms with E-state index in [0.29, 0.717) is 12.2 Å². The van der Waals surface area contributed by atoms with Gasteiger partial charge in [-0.25, -0.2) is 13.4 Å². The molecule has 8 nitrogen and oxygen atoms in total. The molecule has 0 bridgehead atoms. The summed E-state index contributed by atoms with van der Waals surface area (Å²) >= 11 is 0. The van der Waals surface area contributed by atoms with Crippen LogP contribution in [0.25, 0.3) is 0 Å². The van der Waals surface area contributed by atoms with E-state index in [4.69, 9.17) is 4.74 Å². The van der Waals surface area contributed by atoms with Crippen molar-refractivity contribution in [2.45, 2.75) is 36.9 Å². The van der Waals surface area contributed by atoms with E-state index in [-0.39, 0.29) is 18.0 Å². The van der Waals surface area contributed by atoms with Gasteiger partial charge in [0.2, 0.25) is 0 Å². The SMILES string of the molecule is CCc1ncc(S(=O)(=O)N2CC(OC)CC2C(=O)O)[nH]1. The van der Waals surface area contributed by atoms with Gasteiger partial charge in [0.25, 0.3) is 10.0 Å². The fourth-order valence-electron chi connectivity index (χ4n) is 2.21. The maximum Gasteiger partial charge on any atom is 0.322 e. The lowest BCUT2D eigenvalue weighted by atomic mass is 10.2. The van der Waals surface area contributed by atoms with Crippen LogP contribution >= 0.6 is 0 Å². The van der Waals surface area contributed by atoms with Crippen LogP contribution in [0, 0.1) is 0 Å². The largest absolute Gasteiger partial charge is 0.480 e. The molecule has 0 spiro atoms. The van der Waals surface area contributed by atoms with Gasteiger partial charge >= 0.3 is 5.97 Å². The normalized spacial score (nSPS) is 24.1. The summed E-state index contributed by atoms with van der Waals surface area (Å²) < 4.78 is 31.0. The number of carboxylic acids is 1. The highest BCUT2D eigenvalue weighted by atomic mass is 32.2. The number of carboxylic acid groups (broad SMARTS) is 1. The summed E-state index contributed by atoms with van der Waals surface area (Å²) in [6, 6.07) is -1.11. The number of imidazole rings is 1. The summed E-state index contributed by atoms with van der Waals surface area (Å²) in [7, 11) is -2.48. The van der Waals surface area contributed by atoms with Crippen LogP contribution in [-0.4, -0.2) is 59.6 Å². The van der Waals surface area contributed by atoms with Crippen molar-refractivity contribution in [1.82, 2.24) is 14.3 Å². The Morgan fingerprint density at radius 2 is 2.35 bits per heavy atom. The predicted molar refractivity (Wildman–Crippen MR) is 68.7 cm³/mol. The minimum absolute atomic E-state index is 0.0241. The minimum Gasteiger partial charge on any atom is -0.480 e. The van der Waals surface area contributed by atoms with Crippen molar-refractivity contribution in [1.29, 1.82) is 0 Å². The van der Waals surface area contributed by atoms with Crippen molar-refractivity contribution in [3.05, 3.63) is 12.0 Å². The Labute approximate surface area is 116 Å². The first kappa shape index (κ1) is 14.9. The topological polar surface area (TPSA) is 113 Å². The van der Waals surface area contributed by atoms with Crippen molar-refractivity contribution in [3.63, 3.8) is 0 Å². The fraction of sp³-hybridized carbons (Fsp3) is 0.636. The van der Waals surface area contributed by atoms with E-state index in [9.17, 15) is 18.3 Å². The van der Waals surface area contributed by atoms with Crippen LogP contribution < -0.4 is 0 Å². The van der Waals surface area contributed by atoms with Gasteiger partial charge in [-0.3, -0.25) is 4.79 Å². The summed E-state index contributed by atoms with van der Waals surface area (Å²) in [6.07, 6.45) is 1.51. The van der Waals surface area contributed by atoms with Gasteiger partial charge in [0.15, 0.2) is 5.03 Å². The molecule has 1 aliphatic heterocycles. The van der Waals surface area contributed by atoms with Crippen molar-refractivity contribution in [2.24, 2.45) is 0 Å². The second-order valence-corrected chi connectivity index (χ2v) is 6.43. The molecule has 20 heavy (non-hydrogen) atoms. The maximum atomic E-state index is 12.5. The number of aliphatic carboxylic acids is 1. The van der Waals surface area contributed by atoms with Crippen LogP contribution in [0.4, 0.5) is 0 Å². The van der Waals surface area contributed by atoms with Crippen molar-refractivity contribution in [2.75, 3.05) is 13.7 Å². The molecule has 0 saturated carbocycles. The quantitative estimate of drug-likeness (QED) is 0.781. The number of sulfonamides is 1. The molecule has 1 aromatic heterocycles. The van der Waals surface area contributed by atoms with Gasteiger partial charge in [-0.1, -0.05) is 6.92 Å². The molecule has 2 rings (SSSR count). The van der Waals surface area contributed by atoms with E-state index < -0.39 is 28.1 Å². The molecular weight excluding hydrogens is 286 g/mol. The number of aromatic amines is 1. The summed E-state index contributed by atoms with van der Waals surface area (Å²) in [5.41, 5.74) is 0. The molecule has 2 atom stereocenters. The third-order valence-electron chi connectivity index (χ3n) is 3.36. The number of rotatable bonds is 5. The van der Waals surface area contributed by atoms with Crippen molar-refractivity contribution >= 4 is 16.0 Å². The van der Waals surface area contributed by atoms with Gasteiger partial charge in [0.1, 0.15) is 11.9 Å². The number of methoxy groups -OCH3 is 1. The van der Waals surface area contributed by atoms with E-state index in [0.717, 1.165) is 4.31 Å². The smallest absolute Gasteiger partial charge is 0.322 e. The molecule has 1 aromatic rings. The van der Waals surface area contributed by atoms with Crippen molar-refractivity contribution < 1.29 is 23.1 Å². The third-order valence-corrected chi connectivity index (χ3v) is 5.15. The van der Waals surface area contributed by atoms with Gasteiger partial charge in [-0.2, -0.15) is 4.31 Å². The Morgan fingerprint density at radius 1 is 1.65 bits per heavy atom. The van der Waals surface area contributed by atoms with E-state index in [1.807, 2.05) is 6.92 Å². The number of ether oxygens (including phenoxy) is 1. The molecule has 0 aromatic carbocycles. The Hall–Kier alpha value is -1.45. The van der Waals surface area contributed by atoms with E-state index in [1.54, 1.807) is 0 Å². The van der Waals surface area contributed by atoms with Crippen LogP contribution in [-0.2, 0) is 26.0 Å². The fourth-order valence-corrected chi connectivity index (χ4v) is 3.77. The summed E-state index contributed by atoms with van der Waals surface area (Å²) in [6.45, 7) is 1.86. The molecule has 0 amide bonds. The number of H-pyrrole nitrogens is 1. The molecule has 9 heteroatoms. The number of aryl methyl sites for hydroxylation is 1. The number of hydrogen-bond acceptors (Lipinski definition) is 5. The van der Waals surface area contributed by atoms with Gasteiger partial charge < -0.3 is 14.8 Å². The first-order chi connectivity index (χ1) is 9.40. The van der Waals surface area contributed by atoms with E-state index >= 15 is 0 Å². The Morgan fingerprint density at radius 3 is 2.85 bits per heavy atom. The zero-order valence-electron chi connectivity index (χ0n) is 11.2. The number of aromatic nitrogens is 2. The third kappa shape index (κ3) is 2.56. The average molecular weight is 303 g/mol. The highest BCUT2D eigenvalue weighted by molar-refractivity contribution is 7.89. The Bertz CT molecular complexity index is 597. The number of carbonyl (C=O) groups is 1. The molecule has 112 valence electrons. The highest BCUT2D eigenvalue weighted by Crippen LogP contribution is 2.27. The average Bonchev–Trinajstić information content (AvgIpc) is 3.05. The van der Waals surface area contributed by atoms with Crippen molar-refractivity contribution in [3.8, 4) is 0 Å². The van der Waals surface area contributed by atoms with Crippen LogP contribution in [0.5, 0.6) is 0 Å². The van der Waals surface area contributed by atoms with E-state index in [2.05, 4.69) is 9.97 Å². The molecular formula is C11H17N3O5S. The van der Waals surface area contributed by atoms with Crippen LogP contribution in [0.15, 0.2) is 11.2 Å². The number of nitrogens with one attached hydrogen (secondary N) is 1. The Kier molecular flexibility index (Phi) is 4.11. The summed E-state index contributed by atoms with van der Waals surface area (Å²) in [5.74, 6) is -0.638. The second-order valence-electron chi connectivity index (χ2n) is 4.57. The minimum atomic E-state index is -3.91. The monoisotopic (exact) mass is 303 g/mol. The van der Waals surface area contributed by atoms with Gasteiger partial charge in [0, 0.05) is 26.5 Å². The first-order valence-electron chi connectivity index (χ1n) is 6.21. The second kappa shape index (κ2) is 5.51. The molecule has 1 aliphatic rings. The van der Waals surface area contributed by atoms with E-state index in [1.165, 1.54) is 13.3 Å². The highest BCUT2D eigenvalue weighted by Gasteiger charge is 2.44.